The molecule has 2 aromatic rings. The number of hydrogen-bond acceptors (Lipinski definition) is 4. The van der Waals surface area contributed by atoms with Crippen LogP contribution in [0.3, 0.4) is 0 Å². The fourth-order valence-corrected chi connectivity index (χ4v) is 1.91. The van der Waals surface area contributed by atoms with Crippen LogP contribution in [0, 0.1) is 6.92 Å². The molecule has 94 valence electrons. The molecule has 0 unspecified atom stereocenters. The van der Waals surface area contributed by atoms with Crippen molar-refractivity contribution in [3.8, 4) is 0 Å². The first-order chi connectivity index (χ1) is 8.56. The Morgan fingerprint density at radius 1 is 1.50 bits per heavy atom. The van der Waals surface area contributed by atoms with Gasteiger partial charge in [0.25, 0.3) is 0 Å². The minimum absolute atomic E-state index is 0.322. The standard InChI is InChI=1S/C12H12ClN3OS/c1-7-4-9(17-16-7)6-15-11-5-8(13)2-3-10(11)12(14)18/h2-5,15H,6H2,1H3,(H2,14,18). The molecule has 0 fully saturated rings. The van der Waals surface area contributed by atoms with Crippen molar-refractivity contribution in [1.29, 1.82) is 0 Å². The quantitative estimate of drug-likeness (QED) is 0.844. The van der Waals surface area contributed by atoms with Crippen LogP contribution in [-0.2, 0) is 6.54 Å². The third-order valence-corrected chi connectivity index (χ3v) is 2.83. The van der Waals surface area contributed by atoms with Crippen molar-refractivity contribution in [2.24, 2.45) is 5.73 Å². The number of benzene rings is 1. The summed E-state index contributed by atoms with van der Waals surface area (Å²) in [5.41, 5.74) is 8.03. The molecule has 1 aromatic carbocycles. The number of hydrogen-bond donors (Lipinski definition) is 2. The van der Waals surface area contributed by atoms with E-state index in [0.717, 1.165) is 22.7 Å². The molecule has 0 saturated heterocycles. The summed E-state index contributed by atoms with van der Waals surface area (Å²) in [4.78, 5) is 0.322. The molecule has 0 aliphatic rings. The Bertz CT molecular complexity index is 582. The van der Waals surface area contributed by atoms with Crippen molar-refractivity contribution in [3.63, 3.8) is 0 Å². The first-order valence-electron chi connectivity index (χ1n) is 5.31. The second-order valence-corrected chi connectivity index (χ2v) is 4.72. The summed E-state index contributed by atoms with van der Waals surface area (Å²) in [7, 11) is 0. The van der Waals surface area contributed by atoms with Crippen LogP contribution < -0.4 is 11.1 Å². The molecule has 18 heavy (non-hydrogen) atoms. The molecule has 0 bridgehead atoms. The van der Waals surface area contributed by atoms with Gasteiger partial charge in [0.1, 0.15) is 4.99 Å². The van der Waals surface area contributed by atoms with E-state index in [1.165, 1.54) is 0 Å². The summed E-state index contributed by atoms with van der Waals surface area (Å²) in [6.45, 7) is 2.36. The van der Waals surface area contributed by atoms with Crippen molar-refractivity contribution in [2.45, 2.75) is 13.5 Å². The third kappa shape index (κ3) is 3.00. The average Bonchev–Trinajstić information content (AvgIpc) is 2.72. The molecule has 4 nitrogen and oxygen atoms in total. The molecule has 0 radical (unpaired) electrons. The Morgan fingerprint density at radius 2 is 2.28 bits per heavy atom. The molecule has 1 aromatic heterocycles. The fraction of sp³-hybridized carbons (Fsp3) is 0.167. The Morgan fingerprint density at radius 3 is 2.89 bits per heavy atom. The van der Waals surface area contributed by atoms with Gasteiger partial charge >= 0.3 is 0 Å². The van der Waals surface area contributed by atoms with E-state index in [2.05, 4.69) is 10.5 Å². The average molecular weight is 282 g/mol. The number of thiocarbonyl (C=S) groups is 1. The van der Waals surface area contributed by atoms with Gasteiger partial charge in [0.2, 0.25) is 0 Å². The zero-order valence-electron chi connectivity index (χ0n) is 9.74. The molecular formula is C12H12ClN3OS. The number of halogens is 1. The number of nitrogens with two attached hydrogens (primary N) is 1. The number of anilines is 1. The second kappa shape index (κ2) is 5.37. The van der Waals surface area contributed by atoms with Crippen LogP contribution >= 0.6 is 23.8 Å². The number of aromatic nitrogens is 1. The Hall–Kier alpha value is -1.59. The van der Waals surface area contributed by atoms with Gasteiger partial charge in [-0.15, -0.1) is 0 Å². The van der Waals surface area contributed by atoms with Gasteiger partial charge in [0.05, 0.1) is 12.2 Å². The first-order valence-corrected chi connectivity index (χ1v) is 6.10. The van der Waals surface area contributed by atoms with Crippen LogP contribution in [0.5, 0.6) is 0 Å². The molecular weight excluding hydrogens is 270 g/mol. The van der Waals surface area contributed by atoms with Crippen molar-refractivity contribution in [1.82, 2.24) is 5.16 Å². The van der Waals surface area contributed by atoms with Gasteiger partial charge in [-0.05, 0) is 25.1 Å². The highest BCUT2D eigenvalue weighted by atomic mass is 35.5. The van der Waals surface area contributed by atoms with Gasteiger partial charge in [-0.2, -0.15) is 0 Å². The summed E-state index contributed by atoms with van der Waals surface area (Å²) in [5.74, 6) is 0.737. The number of rotatable bonds is 4. The summed E-state index contributed by atoms with van der Waals surface area (Å²) in [6.07, 6.45) is 0. The van der Waals surface area contributed by atoms with Crippen LogP contribution in [0.15, 0.2) is 28.8 Å². The van der Waals surface area contributed by atoms with Gasteiger partial charge in [-0.1, -0.05) is 29.0 Å². The van der Waals surface area contributed by atoms with Gasteiger partial charge in [-0.25, -0.2) is 0 Å². The molecule has 1 heterocycles. The highest BCUT2D eigenvalue weighted by molar-refractivity contribution is 7.80. The molecule has 2 rings (SSSR count). The van der Waals surface area contributed by atoms with E-state index in [1.807, 2.05) is 13.0 Å². The van der Waals surface area contributed by atoms with E-state index in [0.29, 0.717) is 16.6 Å². The maximum atomic E-state index is 5.95. The lowest BCUT2D eigenvalue weighted by molar-refractivity contribution is 0.384. The number of nitrogens with one attached hydrogen (secondary N) is 1. The molecule has 0 amide bonds. The smallest absolute Gasteiger partial charge is 0.156 e. The summed E-state index contributed by atoms with van der Waals surface area (Å²) in [6, 6.07) is 7.18. The summed E-state index contributed by atoms with van der Waals surface area (Å²) in [5, 5.41) is 7.61. The Balaban J connectivity index is 2.17. The maximum Gasteiger partial charge on any atom is 0.156 e. The monoisotopic (exact) mass is 281 g/mol. The van der Waals surface area contributed by atoms with Crippen molar-refractivity contribution in [3.05, 3.63) is 46.3 Å². The van der Waals surface area contributed by atoms with Crippen LogP contribution in [0.1, 0.15) is 17.0 Å². The highest BCUT2D eigenvalue weighted by Gasteiger charge is 2.07. The van der Waals surface area contributed by atoms with E-state index in [1.54, 1.807) is 18.2 Å². The van der Waals surface area contributed by atoms with Crippen LogP contribution in [0.25, 0.3) is 0 Å². The molecule has 0 atom stereocenters. The van der Waals surface area contributed by atoms with Crippen molar-refractivity contribution in [2.75, 3.05) is 5.32 Å². The van der Waals surface area contributed by atoms with Crippen molar-refractivity contribution >= 4 is 34.5 Å². The summed E-state index contributed by atoms with van der Waals surface area (Å²) >= 11 is 10.9. The lowest BCUT2D eigenvalue weighted by atomic mass is 10.1. The van der Waals surface area contributed by atoms with E-state index in [9.17, 15) is 0 Å². The second-order valence-electron chi connectivity index (χ2n) is 3.84. The minimum atomic E-state index is 0.322. The lowest BCUT2D eigenvalue weighted by Crippen LogP contribution is -2.13. The van der Waals surface area contributed by atoms with Crippen LogP contribution in [0.4, 0.5) is 5.69 Å². The zero-order chi connectivity index (χ0) is 13.1. The highest BCUT2D eigenvalue weighted by Crippen LogP contribution is 2.21. The lowest BCUT2D eigenvalue weighted by Gasteiger charge is -2.10. The molecule has 0 aliphatic carbocycles. The molecule has 0 saturated carbocycles. The van der Waals surface area contributed by atoms with E-state index >= 15 is 0 Å². The van der Waals surface area contributed by atoms with Crippen molar-refractivity contribution < 1.29 is 4.52 Å². The molecule has 0 spiro atoms. The van der Waals surface area contributed by atoms with Gasteiger partial charge in [0, 0.05) is 22.3 Å². The number of aryl methyl sites for hydroxylation is 1. The normalized spacial score (nSPS) is 10.3. The molecule has 6 heteroatoms. The minimum Gasteiger partial charge on any atom is -0.389 e. The maximum absolute atomic E-state index is 5.95. The Labute approximate surface area is 115 Å². The third-order valence-electron chi connectivity index (χ3n) is 2.38. The van der Waals surface area contributed by atoms with E-state index in [4.69, 9.17) is 34.1 Å². The number of nitrogens with zero attached hydrogens (tertiary/aromatic N) is 1. The first kappa shape index (κ1) is 12.9. The van der Waals surface area contributed by atoms with Crippen LogP contribution in [0.2, 0.25) is 5.02 Å². The van der Waals surface area contributed by atoms with Gasteiger partial charge < -0.3 is 15.6 Å². The topological polar surface area (TPSA) is 64.1 Å². The van der Waals surface area contributed by atoms with Gasteiger partial charge in [-0.3, -0.25) is 0 Å². The predicted octanol–water partition coefficient (Wildman–Crippen LogP) is 2.88. The zero-order valence-corrected chi connectivity index (χ0v) is 11.3. The SMILES string of the molecule is Cc1cc(CNc2cc(Cl)ccc2C(N)=S)on1. The largest absolute Gasteiger partial charge is 0.389 e. The van der Waals surface area contributed by atoms with E-state index < -0.39 is 0 Å². The van der Waals surface area contributed by atoms with Crippen LogP contribution in [-0.4, -0.2) is 10.1 Å². The molecule has 3 N–H and O–H groups in total. The van der Waals surface area contributed by atoms with Gasteiger partial charge in [0.15, 0.2) is 5.76 Å². The molecule has 0 aliphatic heterocycles. The van der Waals surface area contributed by atoms with E-state index in [-0.39, 0.29) is 0 Å². The fourth-order valence-electron chi connectivity index (χ4n) is 1.56. The Kier molecular flexibility index (Phi) is 3.84. The summed E-state index contributed by atoms with van der Waals surface area (Å²) < 4.78 is 5.11. The predicted molar refractivity (Wildman–Crippen MR) is 75.9 cm³/mol.